The summed E-state index contributed by atoms with van der Waals surface area (Å²) >= 11 is 0. The molecule has 1 unspecified atom stereocenters. The SMILES string of the molecule is [C-]#[N+]CC(c1ccccc1)c1[nH]nc2c(NS(C)(=O)=O)cccc12. The number of nitrogens with one attached hydrogen (secondary N) is 2. The van der Waals surface area contributed by atoms with Gasteiger partial charge in [-0.25, -0.2) is 15.0 Å². The molecule has 7 heteroatoms. The van der Waals surface area contributed by atoms with Gasteiger partial charge in [0, 0.05) is 5.39 Å². The molecule has 0 amide bonds. The third-order valence-electron chi connectivity index (χ3n) is 3.73. The van der Waals surface area contributed by atoms with Crippen molar-refractivity contribution in [1.82, 2.24) is 10.2 Å². The number of benzene rings is 2. The molecule has 0 aliphatic carbocycles. The van der Waals surface area contributed by atoms with Gasteiger partial charge in [-0.3, -0.25) is 9.82 Å². The Kier molecular flexibility index (Phi) is 4.23. The Labute approximate surface area is 140 Å². The molecule has 0 radical (unpaired) electrons. The van der Waals surface area contributed by atoms with Crippen LogP contribution in [0.15, 0.2) is 48.5 Å². The molecular formula is C17H16N4O2S. The lowest BCUT2D eigenvalue weighted by molar-refractivity contribution is 0.607. The summed E-state index contributed by atoms with van der Waals surface area (Å²) in [5.74, 6) is -0.151. The number of nitrogens with zero attached hydrogens (tertiary/aromatic N) is 2. The van der Waals surface area contributed by atoms with Gasteiger partial charge in [-0.2, -0.15) is 5.10 Å². The summed E-state index contributed by atoms with van der Waals surface area (Å²) in [4.78, 5) is 3.55. The summed E-state index contributed by atoms with van der Waals surface area (Å²) in [6.07, 6.45) is 1.10. The van der Waals surface area contributed by atoms with Gasteiger partial charge in [-0.05, 0) is 11.6 Å². The van der Waals surface area contributed by atoms with Crippen molar-refractivity contribution in [3.8, 4) is 0 Å². The Balaban J connectivity index is 2.13. The molecule has 1 aromatic heterocycles. The first-order valence-corrected chi connectivity index (χ1v) is 9.21. The standard InChI is InChI=1S/C17H16N4O2S/c1-18-11-14(12-7-4-3-5-8-12)16-13-9-6-10-15(17(13)20-19-16)21-24(2,22)23/h3-10,14,21H,11H2,2H3,(H,19,20). The van der Waals surface area contributed by atoms with E-state index in [1.54, 1.807) is 12.1 Å². The van der Waals surface area contributed by atoms with E-state index in [0.717, 1.165) is 22.9 Å². The van der Waals surface area contributed by atoms with Crippen LogP contribution in [0, 0.1) is 6.57 Å². The van der Waals surface area contributed by atoms with Gasteiger partial charge in [-0.1, -0.05) is 42.5 Å². The molecule has 24 heavy (non-hydrogen) atoms. The average Bonchev–Trinajstić information content (AvgIpc) is 2.97. The number of rotatable bonds is 5. The number of anilines is 1. The summed E-state index contributed by atoms with van der Waals surface area (Å²) in [5, 5.41) is 8.08. The Bertz CT molecular complexity index is 1000. The molecule has 0 aliphatic rings. The van der Waals surface area contributed by atoms with E-state index in [1.165, 1.54) is 0 Å². The van der Waals surface area contributed by atoms with Crippen molar-refractivity contribution in [2.24, 2.45) is 0 Å². The topological polar surface area (TPSA) is 79.2 Å². The van der Waals surface area contributed by atoms with Gasteiger partial charge in [0.05, 0.1) is 23.6 Å². The minimum Gasteiger partial charge on any atom is -0.316 e. The van der Waals surface area contributed by atoms with Crippen LogP contribution in [0.2, 0.25) is 0 Å². The summed E-state index contributed by atoms with van der Waals surface area (Å²) in [7, 11) is -3.39. The van der Waals surface area contributed by atoms with E-state index in [1.807, 2.05) is 36.4 Å². The first-order valence-electron chi connectivity index (χ1n) is 7.32. The molecule has 1 atom stereocenters. The normalized spacial score (nSPS) is 12.7. The molecule has 0 saturated carbocycles. The second-order valence-corrected chi connectivity index (χ2v) is 7.27. The summed E-state index contributed by atoms with van der Waals surface area (Å²) in [6.45, 7) is 7.54. The zero-order valence-corrected chi connectivity index (χ0v) is 13.8. The third kappa shape index (κ3) is 3.24. The van der Waals surface area contributed by atoms with Crippen LogP contribution in [-0.2, 0) is 10.0 Å². The van der Waals surface area contributed by atoms with Gasteiger partial charge in [0.1, 0.15) is 5.52 Å². The molecule has 122 valence electrons. The molecule has 1 heterocycles. The van der Waals surface area contributed by atoms with E-state index in [0.29, 0.717) is 11.2 Å². The lowest BCUT2D eigenvalue weighted by Crippen LogP contribution is -2.09. The molecule has 2 N–H and O–H groups in total. The second-order valence-electron chi connectivity index (χ2n) is 5.52. The number of sulfonamides is 1. The average molecular weight is 340 g/mol. The molecule has 3 rings (SSSR count). The van der Waals surface area contributed by atoms with Crippen molar-refractivity contribution in [3.05, 3.63) is 71.2 Å². The monoisotopic (exact) mass is 340 g/mol. The third-order valence-corrected chi connectivity index (χ3v) is 4.32. The van der Waals surface area contributed by atoms with Crippen molar-refractivity contribution < 1.29 is 8.42 Å². The Morgan fingerprint density at radius 2 is 1.96 bits per heavy atom. The number of hydrogen-bond donors (Lipinski definition) is 2. The van der Waals surface area contributed by atoms with Crippen LogP contribution in [0.5, 0.6) is 0 Å². The van der Waals surface area contributed by atoms with E-state index in [9.17, 15) is 8.42 Å². The molecule has 0 spiro atoms. The molecule has 6 nitrogen and oxygen atoms in total. The predicted molar refractivity (Wildman–Crippen MR) is 94.3 cm³/mol. The van der Waals surface area contributed by atoms with E-state index >= 15 is 0 Å². The second kappa shape index (κ2) is 6.34. The highest BCUT2D eigenvalue weighted by atomic mass is 32.2. The van der Waals surface area contributed by atoms with Gasteiger partial charge in [-0.15, -0.1) is 0 Å². The maximum Gasteiger partial charge on any atom is 0.229 e. The maximum atomic E-state index is 11.5. The van der Waals surface area contributed by atoms with Crippen molar-refractivity contribution in [3.63, 3.8) is 0 Å². The lowest BCUT2D eigenvalue weighted by Gasteiger charge is -2.11. The number of para-hydroxylation sites is 1. The van der Waals surface area contributed by atoms with Crippen LogP contribution in [0.3, 0.4) is 0 Å². The maximum absolute atomic E-state index is 11.5. The quantitative estimate of drug-likeness (QED) is 0.701. The predicted octanol–water partition coefficient (Wildman–Crippen LogP) is 2.99. The van der Waals surface area contributed by atoms with Crippen LogP contribution in [0.25, 0.3) is 15.7 Å². The Morgan fingerprint density at radius 3 is 2.62 bits per heavy atom. The largest absolute Gasteiger partial charge is 0.316 e. The highest BCUT2D eigenvalue weighted by Crippen LogP contribution is 2.32. The van der Waals surface area contributed by atoms with Crippen LogP contribution in [-0.4, -0.2) is 31.4 Å². The van der Waals surface area contributed by atoms with E-state index in [4.69, 9.17) is 6.57 Å². The molecule has 0 bridgehead atoms. The fraction of sp³-hybridized carbons (Fsp3) is 0.176. The van der Waals surface area contributed by atoms with Crippen molar-refractivity contribution in [2.75, 3.05) is 17.5 Å². The van der Waals surface area contributed by atoms with Crippen molar-refractivity contribution in [2.45, 2.75) is 5.92 Å². The summed E-state index contributed by atoms with van der Waals surface area (Å²) < 4.78 is 25.5. The first kappa shape index (κ1) is 16.0. The zero-order chi connectivity index (χ0) is 17.2. The van der Waals surface area contributed by atoms with Crippen molar-refractivity contribution >= 4 is 26.6 Å². The van der Waals surface area contributed by atoms with Gasteiger partial charge in [0.25, 0.3) is 0 Å². The van der Waals surface area contributed by atoms with Gasteiger partial charge >= 0.3 is 0 Å². The van der Waals surface area contributed by atoms with Crippen LogP contribution >= 0.6 is 0 Å². The smallest absolute Gasteiger partial charge is 0.229 e. The Hall–Kier alpha value is -2.85. The molecule has 2 aromatic carbocycles. The summed E-state index contributed by atoms with van der Waals surface area (Å²) in [6, 6.07) is 15.1. The number of aromatic nitrogens is 2. The highest BCUT2D eigenvalue weighted by molar-refractivity contribution is 7.92. The molecule has 0 saturated heterocycles. The van der Waals surface area contributed by atoms with Crippen LogP contribution < -0.4 is 4.72 Å². The number of H-pyrrole nitrogens is 1. The fourth-order valence-electron chi connectivity index (χ4n) is 2.75. The molecule has 3 aromatic rings. The van der Waals surface area contributed by atoms with Crippen LogP contribution in [0.4, 0.5) is 5.69 Å². The molecular weight excluding hydrogens is 324 g/mol. The van der Waals surface area contributed by atoms with Crippen LogP contribution in [0.1, 0.15) is 17.2 Å². The molecule has 0 fully saturated rings. The van der Waals surface area contributed by atoms with Gasteiger partial charge in [0.2, 0.25) is 16.6 Å². The summed E-state index contributed by atoms with van der Waals surface area (Å²) in [5.41, 5.74) is 2.79. The van der Waals surface area contributed by atoms with E-state index < -0.39 is 10.0 Å². The number of hydrogen-bond acceptors (Lipinski definition) is 3. The van der Waals surface area contributed by atoms with Crippen molar-refractivity contribution in [1.29, 1.82) is 0 Å². The highest BCUT2D eigenvalue weighted by Gasteiger charge is 2.23. The molecule has 0 aliphatic heterocycles. The number of fused-ring (bicyclic) bond motifs is 1. The Morgan fingerprint density at radius 1 is 1.21 bits per heavy atom. The van der Waals surface area contributed by atoms with Gasteiger partial charge < -0.3 is 4.85 Å². The van der Waals surface area contributed by atoms with Gasteiger partial charge in [0.15, 0.2) is 0 Å². The minimum atomic E-state index is -3.39. The van der Waals surface area contributed by atoms with E-state index in [2.05, 4.69) is 19.8 Å². The number of aromatic amines is 1. The fourth-order valence-corrected chi connectivity index (χ4v) is 3.31. The lowest BCUT2D eigenvalue weighted by atomic mass is 9.93. The van der Waals surface area contributed by atoms with E-state index in [-0.39, 0.29) is 12.5 Å². The first-order chi connectivity index (χ1) is 11.5. The zero-order valence-electron chi connectivity index (χ0n) is 13.0. The minimum absolute atomic E-state index is 0.151.